The van der Waals surface area contributed by atoms with Gasteiger partial charge in [-0.25, -0.2) is 0 Å². The predicted octanol–water partition coefficient (Wildman–Crippen LogP) is 4.17. The highest BCUT2D eigenvalue weighted by Crippen LogP contribution is 2.31. The van der Waals surface area contributed by atoms with Gasteiger partial charge in [-0.3, -0.25) is 4.79 Å². The van der Waals surface area contributed by atoms with E-state index in [9.17, 15) is 13.6 Å². The fraction of sp³-hybridized carbons (Fsp3) is 0.300. The maximum atomic E-state index is 13.1. The minimum absolute atomic E-state index is 0.0167. The average Bonchev–Trinajstić information content (AvgIpc) is 2.28. The number of ether oxygens (including phenoxy) is 2. The van der Waals surface area contributed by atoms with Gasteiger partial charge in [0.15, 0.2) is 0 Å². The number of halogens is 6. The lowest BCUT2D eigenvalue weighted by Gasteiger charge is -2.19. The topological polar surface area (TPSA) is 35.5 Å². The molecule has 0 N–H and O–H groups in total. The van der Waals surface area contributed by atoms with E-state index in [2.05, 4.69) is 4.74 Å². The van der Waals surface area contributed by atoms with Crippen LogP contribution in [0.2, 0.25) is 0 Å². The first-order valence-electron chi connectivity index (χ1n) is 4.67. The van der Waals surface area contributed by atoms with Crippen molar-refractivity contribution in [3.05, 3.63) is 24.3 Å². The molecule has 0 aromatic heterocycles. The second kappa shape index (κ2) is 6.79. The molecule has 9 heteroatoms. The Bertz CT molecular complexity index is 456. The molecular weight excluding hydrogens is 348 g/mol. The number of hydrogen-bond acceptors (Lipinski definition) is 3. The van der Waals surface area contributed by atoms with Gasteiger partial charge in [0.05, 0.1) is 0 Å². The van der Waals surface area contributed by atoms with Crippen molar-refractivity contribution in [1.82, 2.24) is 0 Å². The molecule has 0 amide bonds. The minimum atomic E-state index is -3.77. The third kappa shape index (κ3) is 5.18. The zero-order valence-corrected chi connectivity index (χ0v) is 12.0. The predicted molar refractivity (Wildman–Crippen MR) is 68.6 cm³/mol. The summed E-state index contributed by atoms with van der Waals surface area (Å²) in [5, 5.41) is -0.945. The molecule has 0 radical (unpaired) electrons. The molecule has 3 nitrogen and oxygen atoms in total. The molecule has 0 spiro atoms. The summed E-state index contributed by atoms with van der Waals surface area (Å²) < 4.78 is 35.4. The summed E-state index contributed by atoms with van der Waals surface area (Å²) in [5.74, 6) is -0.248. The molecule has 0 saturated carbocycles. The zero-order chi connectivity index (χ0) is 14.6. The van der Waals surface area contributed by atoms with E-state index < -0.39 is 21.8 Å². The van der Waals surface area contributed by atoms with Gasteiger partial charge in [0.2, 0.25) is 10.4 Å². The minimum Gasteiger partial charge on any atom is -0.466 e. The Labute approximate surface area is 127 Å². The molecule has 0 aliphatic heterocycles. The number of carbonyl (C=O) groups excluding carboxylic acids is 1. The highest BCUT2D eigenvalue weighted by molar-refractivity contribution is 6.68. The number of benzene rings is 1. The monoisotopic (exact) mass is 352 g/mol. The highest BCUT2D eigenvalue weighted by atomic mass is 35.5. The van der Waals surface area contributed by atoms with Crippen molar-refractivity contribution in [1.29, 1.82) is 0 Å². The van der Waals surface area contributed by atoms with Crippen molar-refractivity contribution in [3.8, 4) is 11.5 Å². The Morgan fingerprint density at radius 1 is 1.21 bits per heavy atom. The number of hydrogen-bond donors (Lipinski definition) is 0. The van der Waals surface area contributed by atoms with Crippen LogP contribution in [0, 0.1) is 0 Å². The van der Waals surface area contributed by atoms with E-state index in [0.29, 0.717) is 0 Å². The molecule has 0 heterocycles. The normalized spacial score (nSPS) is 13.2. The van der Waals surface area contributed by atoms with Crippen LogP contribution in [0.3, 0.4) is 0 Å². The SMILES string of the molecule is O=C(Cl)C(Cl)Oc1cccc(OC(F)(F)C(Cl)Cl)c1. The van der Waals surface area contributed by atoms with E-state index in [1.54, 1.807) is 0 Å². The zero-order valence-electron chi connectivity index (χ0n) is 8.96. The molecule has 1 atom stereocenters. The quantitative estimate of drug-likeness (QED) is 0.568. The van der Waals surface area contributed by atoms with Crippen molar-refractivity contribution in [3.63, 3.8) is 0 Å². The van der Waals surface area contributed by atoms with Crippen molar-refractivity contribution in [2.24, 2.45) is 0 Å². The van der Waals surface area contributed by atoms with Crippen LogP contribution in [0.1, 0.15) is 0 Å². The van der Waals surface area contributed by atoms with Crippen LogP contribution in [-0.2, 0) is 4.79 Å². The highest BCUT2D eigenvalue weighted by Gasteiger charge is 2.40. The van der Waals surface area contributed by atoms with Gasteiger partial charge in [-0.05, 0) is 23.7 Å². The molecule has 1 aromatic carbocycles. The van der Waals surface area contributed by atoms with E-state index in [4.69, 9.17) is 51.1 Å². The van der Waals surface area contributed by atoms with Gasteiger partial charge >= 0.3 is 6.11 Å². The number of carbonyl (C=O) groups is 1. The van der Waals surface area contributed by atoms with E-state index in [-0.39, 0.29) is 11.5 Å². The smallest absolute Gasteiger partial charge is 0.428 e. The van der Waals surface area contributed by atoms with Crippen molar-refractivity contribution in [2.75, 3.05) is 0 Å². The van der Waals surface area contributed by atoms with Crippen LogP contribution in [0.5, 0.6) is 11.5 Å². The lowest BCUT2D eigenvalue weighted by Crippen LogP contribution is -2.32. The molecule has 0 aliphatic carbocycles. The molecule has 1 rings (SSSR count). The Kier molecular flexibility index (Phi) is 5.92. The van der Waals surface area contributed by atoms with E-state index in [0.717, 1.165) is 6.07 Å². The Morgan fingerprint density at radius 2 is 1.79 bits per heavy atom. The first-order chi connectivity index (χ1) is 8.72. The van der Waals surface area contributed by atoms with Crippen LogP contribution in [-0.4, -0.2) is 21.8 Å². The van der Waals surface area contributed by atoms with E-state index in [1.807, 2.05) is 0 Å². The Morgan fingerprint density at radius 3 is 2.32 bits per heavy atom. The van der Waals surface area contributed by atoms with Gasteiger partial charge in [0.1, 0.15) is 11.5 Å². The molecular formula is C10H6Cl4F2O3. The molecule has 1 unspecified atom stereocenters. The summed E-state index contributed by atoms with van der Waals surface area (Å²) in [7, 11) is 0. The summed E-state index contributed by atoms with van der Waals surface area (Å²) >= 11 is 20.7. The van der Waals surface area contributed by atoms with Crippen LogP contribution >= 0.6 is 46.4 Å². The fourth-order valence-electron chi connectivity index (χ4n) is 0.978. The maximum Gasteiger partial charge on any atom is 0.428 e. The summed E-state index contributed by atoms with van der Waals surface area (Å²) in [6, 6.07) is 5.03. The first kappa shape index (κ1) is 16.6. The fourth-order valence-corrected chi connectivity index (χ4v) is 1.21. The third-order valence-corrected chi connectivity index (χ3v) is 2.84. The largest absolute Gasteiger partial charge is 0.466 e. The van der Waals surface area contributed by atoms with E-state index in [1.165, 1.54) is 18.2 Å². The summed E-state index contributed by atoms with van der Waals surface area (Å²) in [6.07, 6.45) is -3.77. The van der Waals surface area contributed by atoms with Crippen LogP contribution in [0.25, 0.3) is 0 Å². The maximum absolute atomic E-state index is 13.1. The van der Waals surface area contributed by atoms with Crippen molar-refractivity contribution < 1.29 is 23.0 Å². The summed E-state index contributed by atoms with van der Waals surface area (Å²) in [6.45, 7) is 0. The lowest BCUT2D eigenvalue weighted by atomic mass is 10.3. The second-order valence-corrected chi connectivity index (χ2v) is 5.04. The Balaban J connectivity index is 2.80. The van der Waals surface area contributed by atoms with Gasteiger partial charge < -0.3 is 9.47 Å². The molecule has 0 fully saturated rings. The summed E-state index contributed by atoms with van der Waals surface area (Å²) in [4.78, 5) is 8.63. The van der Waals surface area contributed by atoms with Gasteiger partial charge in [0, 0.05) is 6.07 Å². The van der Waals surface area contributed by atoms with Crippen LogP contribution < -0.4 is 9.47 Å². The van der Waals surface area contributed by atoms with E-state index >= 15 is 0 Å². The van der Waals surface area contributed by atoms with Gasteiger partial charge in [-0.2, -0.15) is 8.78 Å². The first-order valence-corrected chi connectivity index (χ1v) is 6.36. The second-order valence-electron chi connectivity index (χ2n) is 3.18. The van der Waals surface area contributed by atoms with Crippen molar-refractivity contribution in [2.45, 2.75) is 16.5 Å². The Hall–Kier alpha value is -0.490. The van der Waals surface area contributed by atoms with Gasteiger partial charge in [-0.15, -0.1) is 0 Å². The molecule has 1 aromatic rings. The third-order valence-electron chi connectivity index (χ3n) is 1.73. The molecule has 106 valence electrons. The molecule has 0 saturated heterocycles. The summed E-state index contributed by atoms with van der Waals surface area (Å²) in [5.41, 5.74) is -1.44. The average molecular weight is 354 g/mol. The van der Waals surface area contributed by atoms with Crippen LogP contribution in [0.15, 0.2) is 24.3 Å². The van der Waals surface area contributed by atoms with Gasteiger partial charge in [-0.1, -0.05) is 40.9 Å². The van der Waals surface area contributed by atoms with Gasteiger partial charge in [0.25, 0.3) is 5.24 Å². The van der Waals surface area contributed by atoms with Crippen LogP contribution in [0.4, 0.5) is 8.78 Å². The molecule has 0 aliphatic rings. The lowest BCUT2D eigenvalue weighted by molar-refractivity contribution is -0.163. The van der Waals surface area contributed by atoms with Crippen molar-refractivity contribution >= 4 is 51.6 Å². The molecule has 0 bridgehead atoms. The number of rotatable bonds is 6. The standard InChI is InChI=1S/C10H6Cl4F2O3/c11-7(17)8(12)18-5-2-1-3-6(4-5)19-10(15,16)9(13)14/h1-4,8-9H. The molecule has 19 heavy (non-hydrogen) atoms. The number of alkyl halides is 5.